The molecule has 1 saturated heterocycles. The van der Waals surface area contributed by atoms with E-state index in [9.17, 15) is 4.79 Å². The highest BCUT2D eigenvalue weighted by molar-refractivity contribution is 5.78. The zero-order valence-electron chi connectivity index (χ0n) is 12.2. The second kappa shape index (κ2) is 7.41. The van der Waals surface area contributed by atoms with Gasteiger partial charge in [-0.25, -0.2) is 0 Å². The number of aliphatic hydroxyl groups excluding tert-OH is 1. The van der Waals surface area contributed by atoms with E-state index in [2.05, 4.69) is 36.1 Å². The summed E-state index contributed by atoms with van der Waals surface area (Å²) in [5, 5.41) is 8.91. The van der Waals surface area contributed by atoms with Crippen LogP contribution in [0, 0.1) is 0 Å². The van der Waals surface area contributed by atoms with Crippen molar-refractivity contribution in [2.24, 2.45) is 0 Å². The van der Waals surface area contributed by atoms with E-state index in [4.69, 9.17) is 5.11 Å². The Morgan fingerprint density at radius 1 is 1.10 bits per heavy atom. The SMILES string of the molecule is CCc1ccc(CC(=O)N2CCN(CCO)CC2)cc1. The van der Waals surface area contributed by atoms with E-state index in [0.717, 1.165) is 38.2 Å². The molecule has 1 aromatic carbocycles. The molecule has 4 nitrogen and oxygen atoms in total. The molecule has 4 heteroatoms. The quantitative estimate of drug-likeness (QED) is 0.870. The lowest BCUT2D eigenvalue weighted by atomic mass is 10.1. The van der Waals surface area contributed by atoms with Crippen molar-refractivity contribution in [3.05, 3.63) is 35.4 Å². The Bertz CT molecular complexity index is 423. The molecule has 1 N–H and O–H groups in total. The van der Waals surface area contributed by atoms with Crippen molar-refractivity contribution in [1.82, 2.24) is 9.80 Å². The van der Waals surface area contributed by atoms with Gasteiger partial charge in [-0.1, -0.05) is 31.2 Å². The number of hydrogen-bond acceptors (Lipinski definition) is 3. The molecule has 1 aromatic rings. The lowest BCUT2D eigenvalue weighted by molar-refractivity contribution is -0.132. The summed E-state index contributed by atoms with van der Waals surface area (Å²) in [6, 6.07) is 8.31. The average molecular weight is 276 g/mol. The Balaban J connectivity index is 1.83. The number of aryl methyl sites for hydroxylation is 1. The van der Waals surface area contributed by atoms with Gasteiger partial charge in [-0.05, 0) is 17.5 Å². The first kappa shape index (κ1) is 15.0. The molecule has 1 heterocycles. The molecule has 0 unspecified atom stereocenters. The first-order chi connectivity index (χ1) is 9.72. The lowest BCUT2D eigenvalue weighted by Gasteiger charge is -2.34. The topological polar surface area (TPSA) is 43.8 Å². The van der Waals surface area contributed by atoms with Crippen molar-refractivity contribution in [2.75, 3.05) is 39.3 Å². The number of hydrogen-bond donors (Lipinski definition) is 1. The highest BCUT2D eigenvalue weighted by atomic mass is 16.3. The van der Waals surface area contributed by atoms with Gasteiger partial charge in [0.05, 0.1) is 13.0 Å². The van der Waals surface area contributed by atoms with Gasteiger partial charge < -0.3 is 10.0 Å². The van der Waals surface area contributed by atoms with Crippen molar-refractivity contribution in [3.63, 3.8) is 0 Å². The Morgan fingerprint density at radius 3 is 2.25 bits per heavy atom. The Morgan fingerprint density at radius 2 is 1.70 bits per heavy atom. The molecular formula is C16H24N2O2. The van der Waals surface area contributed by atoms with Gasteiger partial charge in [0.2, 0.25) is 5.91 Å². The number of amides is 1. The summed E-state index contributed by atoms with van der Waals surface area (Å²) < 4.78 is 0. The smallest absolute Gasteiger partial charge is 0.227 e. The van der Waals surface area contributed by atoms with Crippen molar-refractivity contribution >= 4 is 5.91 Å². The lowest BCUT2D eigenvalue weighted by Crippen LogP contribution is -2.49. The third-order valence-electron chi connectivity index (χ3n) is 3.93. The van der Waals surface area contributed by atoms with E-state index >= 15 is 0 Å². The van der Waals surface area contributed by atoms with E-state index < -0.39 is 0 Å². The van der Waals surface area contributed by atoms with Crippen LogP contribution in [0.5, 0.6) is 0 Å². The Hall–Kier alpha value is -1.39. The molecule has 2 rings (SSSR count). The summed E-state index contributed by atoms with van der Waals surface area (Å²) >= 11 is 0. The first-order valence-electron chi connectivity index (χ1n) is 7.41. The van der Waals surface area contributed by atoms with Gasteiger partial charge in [-0.2, -0.15) is 0 Å². The summed E-state index contributed by atoms with van der Waals surface area (Å²) in [5.74, 6) is 0.206. The predicted octanol–water partition coefficient (Wildman–Crippen LogP) is 0.928. The minimum Gasteiger partial charge on any atom is -0.395 e. The standard InChI is InChI=1S/C16H24N2O2/c1-2-14-3-5-15(6-4-14)13-16(20)18-9-7-17(8-10-18)11-12-19/h3-6,19H,2,7-13H2,1H3. The van der Waals surface area contributed by atoms with Gasteiger partial charge in [-0.15, -0.1) is 0 Å². The largest absolute Gasteiger partial charge is 0.395 e. The average Bonchev–Trinajstić information content (AvgIpc) is 2.49. The maximum absolute atomic E-state index is 12.2. The molecule has 0 atom stereocenters. The van der Waals surface area contributed by atoms with E-state index in [0.29, 0.717) is 13.0 Å². The molecule has 0 spiro atoms. The van der Waals surface area contributed by atoms with Gasteiger partial charge in [0.25, 0.3) is 0 Å². The summed E-state index contributed by atoms with van der Waals surface area (Å²) in [6.45, 7) is 6.30. The molecule has 1 aliphatic rings. The Kier molecular flexibility index (Phi) is 5.56. The number of nitrogens with zero attached hydrogens (tertiary/aromatic N) is 2. The maximum atomic E-state index is 12.2. The van der Waals surface area contributed by atoms with Gasteiger partial charge in [0.15, 0.2) is 0 Å². The van der Waals surface area contributed by atoms with Gasteiger partial charge >= 0.3 is 0 Å². The van der Waals surface area contributed by atoms with Crippen LogP contribution in [0.1, 0.15) is 18.1 Å². The molecule has 110 valence electrons. The van der Waals surface area contributed by atoms with E-state index in [1.54, 1.807) is 0 Å². The number of carbonyl (C=O) groups is 1. The van der Waals surface area contributed by atoms with Crippen molar-refractivity contribution in [2.45, 2.75) is 19.8 Å². The molecule has 0 radical (unpaired) electrons. The molecule has 0 aromatic heterocycles. The van der Waals surface area contributed by atoms with E-state index in [1.807, 2.05) is 4.90 Å². The number of piperazine rings is 1. The monoisotopic (exact) mass is 276 g/mol. The second-order valence-electron chi connectivity index (χ2n) is 5.29. The van der Waals surface area contributed by atoms with E-state index in [1.165, 1.54) is 5.56 Å². The van der Waals surface area contributed by atoms with Crippen LogP contribution in [-0.4, -0.2) is 60.1 Å². The molecule has 20 heavy (non-hydrogen) atoms. The van der Waals surface area contributed by atoms with Crippen LogP contribution >= 0.6 is 0 Å². The van der Waals surface area contributed by atoms with Crippen molar-refractivity contribution < 1.29 is 9.90 Å². The maximum Gasteiger partial charge on any atom is 0.227 e. The van der Waals surface area contributed by atoms with Crippen LogP contribution in [0.4, 0.5) is 0 Å². The van der Waals surface area contributed by atoms with Crippen LogP contribution in [-0.2, 0) is 17.6 Å². The summed E-state index contributed by atoms with van der Waals surface area (Å²) in [5.41, 5.74) is 2.39. The fourth-order valence-corrected chi connectivity index (χ4v) is 2.54. The predicted molar refractivity (Wildman–Crippen MR) is 79.6 cm³/mol. The molecule has 1 aliphatic heterocycles. The minimum atomic E-state index is 0.192. The summed E-state index contributed by atoms with van der Waals surface area (Å²) in [7, 11) is 0. The molecule has 1 amide bonds. The van der Waals surface area contributed by atoms with Crippen LogP contribution < -0.4 is 0 Å². The van der Waals surface area contributed by atoms with Gasteiger partial charge in [0, 0.05) is 32.7 Å². The number of carbonyl (C=O) groups excluding carboxylic acids is 1. The molecular weight excluding hydrogens is 252 g/mol. The highest BCUT2D eigenvalue weighted by Crippen LogP contribution is 2.09. The van der Waals surface area contributed by atoms with Crippen molar-refractivity contribution in [1.29, 1.82) is 0 Å². The molecule has 0 aliphatic carbocycles. The molecule has 0 bridgehead atoms. The van der Waals surface area contributed by atoms with Gasteiger partial charge in [0.1, 0.15) is 0 Å². The summed E-state index contributed by atoms with van der Waals surface area (Å²) in [4.78, 5) is 16.4. The minimum absolute atomic E-state index is 0.192. The summed E-state index contributed by atoms with van der Waals surface area (Å²) in [6.07, 6.45) is 1.52. The van der Waals surface area contributed by atoms with Crippen LogP contribution in [0.2, 0.25) is 0 Å². The van der Waals surface area contributed by atoms with Crippen LogP contribution in [0.25, 0.3) is 0 Å². The highest BCUT2D eigenvalue weighted by Gasteiger charge is 2.20. The normalized spacial score (nSPS) is 16.4. The van der Waals surface area contributed by atoms with Gasteiger partial charge in [-0.3, -0.25) is 9.69 Å². The molecule has 1 fully saturated rings. The van der Waals surface area contributed by atoms with Crippen molar-refractivity contribution in [3.8, 4) is 0 Å². The molecule has 0 saturated carbocycles. The van der Waals surface area contributed by atoms with E-state index in [-0.39, 0.29) is 12.5 Å². The van der Waals surface area contributed by atoms with Crippen LogP contribution in [0.15, 0.2) is 24.3 Å². The second-order valence-corrected chi connectivity index (χ2v) is 5.29. The number of benzene rings is 1. The Labute approximate surface area is 121 Å². The first-order valence-corrected chi connectivity index (χ1v) is 7.41. The third-order valence-corrected chi connectivity index (χ3v) is 3.93. The zero-order valence-corrected chi connectivity index (χ0v) is 12.2. The third kappa shape index (κ3) is 4.05. The fourth-order valence-electron chi connectivity index (χ4n) is 2.54. The zero-order chi connectivity index (χ0) is 14.4. The number of aliphatic hydroxyl groups is 1. The number of rotatable bonds is 5. The number of β-amino-alcohol motifs (C(OH)–C–C–N with tert-alkyl or cyclic N) is 1. The van der Waals surface area contributed by atoms with Crippen LogP contribution in [0.3, 0.4) is 0 Å². The fraction of sp³-hybridized carbons (Fsp3) is 0.562.